The Kier molecular flexibility index (Phi) is 3.26. The van der Waals surface area contributed by atoms with Crippen LogP contribution in [0.2, 0.25) is 0 Å². The van der Waals surface area contributed by atoms with E-state index in [2.05, 4.69) is 0 Å². The summed E-state index contributed by atoms with van der Waals surface area (Å²) in [7, 11) is 1.56. The van der Waals surface area contributed by atoms with Gasteiger partial charge in [0.25, 0.3) is 0 Å². The van der Waals surface area contributed by atoms with Gasteiger partial charge in [-0.25, -0.2) is 0 Å². The molecule has 1 saturated heterocycles. The monoisotopic (exact) mass is 162 g/mol. The normalized spacial score (nSPS) is 34.1. The molecular formula is C7H14O4. The SMILES string of the molecule is COC(C)OC1CCOC1O. The molecule has 0 aliphatic carbocycles. The largest absolute Gasteiger partial charge is 0.366 e. The molecule has 66 valence electrons. The van der Waals surface area contributed by atoms with E-state index in [4.69, 9.17) is 19.3 Å². The van der Waals surface area contributed by atoms with Crippen LogP contribution in [0.15, 0.2) is 0 Å². The molecule has 4 nitrogen and oxygen atoms in total. The van der Waals surface area contributed by atoms with E-state index in [-0.39, 0.29) is 12.4 Å². The van der Waals surface area contributed by atoms with Crippen molar-refractivity contribution in [3.8, 4) is 0 Å². The Morgan fingerprint density at radius 1 is 1.64 bits per heavy atom. The van der Waals surface area contributed by atoms with E-state index < -0.39 is 6.29 Å². The lowest BCUT2D eigenvalue weighted by atomic mass is 10.3. The molecule has 3 unspecified atom stereocenters. The van der Waals surface area contributed by atoms with E-state index in [0.29, 0.717) is 6.61 Å². The third-order valence-electron chi connectivity index (χ3n) is 1.71. The zero-order chi connectivity index (χ0) is 8.27. The van der Waals surface area contributed by atoms with E-state index in [0.717, 1.165) is 6.42 Å². The number of aliphatic hydroxyl groups excluding tert-OH is 1. The number of rotatable bonds is 3. The summed E-state index contributed by atoms with van der Waals surface area (Å²) < 4.78 is 15.0. The molecule has 0 aromatic heterocycles. The summed E-state index contributed by atoms with van der Waals surface area (Å²) in [6.45, 7) is 2.34. The average Bonchev–Trinajstić information content (AvgIpc) is 2.37. The molecule has 0 aromatic rings. The van der Waals surface area contributed by atoms with Crippen molar-refractivity contribution in [1.82, 2.24) is 0 Å². The molecule has 1 N–H and O–H groups in total. The van der Waals surface area contributed by atoms with Gasteiger partial charge in [-0.3, -0.25) is 0 Å². The number of hydrogen-bond acceptors (Lipinski definition) is 4. The van der Waals surface area contributed by atoms with Crippen LogP contribution in [-0.4, -0.2) is 37.5 Å². The van der Waals surface area contributed by atoms with Gasteiger partial charge in [-0.2, -0.15) is 0 Å². The van der Waals surface area contributed by atoms with Gasteiger partial charge in [-0.15, -0.1) is 0 Å². The predicted octanol–water partition coefficient (Wildman–Crippen LogP) is 0.103. The Labute approximate surface area is 66.1 Å². The van der Waals surface area contributed by atoms with Crippen LogP contribution < -0.4 is 0 Å². The molecule has 1 aliphatic rings. The Bertz CT molecular complexity index is 117. The number of aliphatic hydroxyl groups is 1. The lowest BCUT2D eigenvalue weighted by Crippen LogP contribution is -2.28. The lowest BCUT2D eigenvalue weighted by molar-refractivity contribution is -0.196. The zero-order valence-corrected chi connectivity index (χ0v) is 6.82. The van der Waals surface area contributed by atoms with Crippen LogP contribution in [0, 0.1) is 0 Å². The van der Waals surface area contributed by atoms with Crippen molar-refractivity contribution in [3.63, 3.8) is 0 Å². The number of methoxy groups -OCH3 is 1. The summed E-state index contributed by atoms with van der Waals surface area (Å²) in [5.41, 5.74) is 0. The molecule has 0 saturated carbocycles. The van der Waals surface area contributed by atoms with Gasteiger partial charge in [0.2, 0.25) is 0 Å². The van der Waals surface area contributed by atoms with Gasteiger partial charge in [0.05, 0.1) is 6.61 Å². The fourth-order valence-corrected chi connectivity index (χ4v) is 0.992. The van der Waals surface area contributed by atoms with Crippen molar-refractivity contribution in [1.29, 1.82) is 0 Å². The molecule has 11 heavy (non-hydrogen) atoms. The van der Waals surface area contributed by atoms with Crippen LogP contribution >= 0.6 is 0 Å². The molecule has 1 fully saturated rings. The van der Waals surface area contributed by atoms with E-state index in [9.17, 15) is 0 Å². The van der Waals surface area contributed by atoms with E-state index in [1.807, 2.05) is 0 Å². The minimum absolute atomic E-state index is 0.232. The highest BCUT2D eigenvalue weighted by molar-refractivity contribution is 4.67. The maximum absolute atomic E-state index is 9.13. The van der Waals surface area contributed by atoms with E-state index in [1.165, 1.54) is 0 Å². The molecule has 3 atom stereocenters. The second kappa shape index (κ2) is 4.01. The Balaban J connectivity index is 2.24. The first kappa shape index (κ1) is 8.93. The quantitative estimate of drug-likeness (QED) is 0.598. The molecule has 0 amide bonds. The second-order valence-corrected chi connectivity index (χ2v) is 2.53. The fourth-order valence-electron chi connectivity index (χ4n) is 0.992. The first-order valence-corrected chi connectivity index (χ1v) is 3.72. The van der Waals surface area contributed by atoms with Crippen LogP contribution in [-0.2, 0) is 14.2 Å². The molecule has 0 spiro atoms. The Morgan fingerprint density at radius 2 is 2.36 bits per heavy atom. The van der Waals surface area contributed by atoms with Crippen LogP contribution in [0.4, 0.5) is 0 Å². The molecule has 1 aliphatic heterocycles. The minimum Gasteiger partial charge on any atom is -0.366 e. The van der Waals surface area contributed by atoms with Gasteiger partial charge in [0, 0.05) is 13.5 Å². The molecule has 0 radical (unpaired) electrons. The highest BCUT2D eigenvalue weighted by atomic mass is 16.7. The molecule has 4 heteroatoms. The average molecular weight is 162 g/mol. The fraction of sp³-hybridized carbons (Fsp3) is 1.00. The van der Waals surface area contributed by atoms with Crippen molar-refractivity contribution >= 4 is 0 Å². The summed E-state index contributed by atoms with van der Waals surface area (Å²) in [4.78, 5) is 0. The van der Waals surface area contributed by atoms with Gasteiger partial charge in [0.15, 0.2) is 12.6 Å². The minimum atomic E-state index is -0.785. The van der Waals surface area contributed by atoms with Crippen LogP contribution in [0.3, 0.4) is 0 Å². The van der Waals surface area contributed by atoms with Crippen LogP contribution in [0.25, 0.3) is 0 Å². The van der Waals surface area contributed by atoms with Gasteiger partial charge >= 0.3 is 0 Å². The summed E-state index contributed by atoms with van der Waals surface area (Å²) in [5, 5.41) is 9.13. The van der Waals surface area contributed by atoms with Crippen molar-refractivity contribution in [2.45, 2.75) is 32.0 Å². The Morgan fingerprint density at radius 3 is 2.82 bits per heavy atom. The van der Waals surface area contributed by atoms with Crippen LogP contribution in [0.5, 0.6) is 0 Å². The second-order valence-electron chi connectivity index (χ2n) is 2.53. The zero-order valence-electron chi connectivity index (χ0n) is 6.82. The highest BCUT2D eigenvalue weighted by Gasteiger charge is 2.28. The van der Waals surface area contributed by atoms with Gasteiger partial charge < -0.3 is 19.3 Å². The van der Waals surface area contributed by atoms with Gasteiger partial charge in [0.1, 0.15) is 6.10 Å². The summed E-state index contributed by atoms with van der Waals surface area (Å²) in [6, 6.07) is 0. The maximum atomic E-state index is 9.13. The van der Waals surface area contributed by atoms with Crippen molar-refractivity contribution in [2.75, 3.05) is 13.7 Å². The molecular weight excluding hydrogens is 148 g/mol. The van der Waals surface area contributed by atoms with Crippen LogP contribution in [0.1, 0.15) is 13.3 Å². The highest BCUT2D eigenvalue weighted by Crippen LogP contribution is 2.16. The van der Waals surface area contributed by atoms with Gasteiger partial charge in [-0.05, 0) is 6.92 Å². The number of ether oxygens (including phenoxy) is 3. The van der Waals surface area contributed by atoms with E-state index in [1.54, 1.807) is 14.0 Å². The molecule has 1 heterocycles. The third kappa shape index (κ3) is 2.41. The molecule has 1 rings (SSSR count). The van der Waals surface area contributed by atoms with Gasteiger partial charge in [-0.1, -0.05) is 0 Å². The van der Waals surface area contributed by atoms with E-state index >= 15 is 0 Å². The Hall–Kier alpha value is -0.160. The number of hydrogen-bond donors (Lipinski definition) is 1. The van der Waals surface area contributed by atoms with Crippen molar-refractivity contribution in [3.05, 3.63) is 0 Å². The smallest absolute Gasteiger partial charge is 0.181 e. The summed E-state index contributed by atoms with van der Waals surface area (Å²) in [6.07, 6.45) is -0.566. The standard InChI is InChI=1S/C7H14O4/c1-5(9-2)11-6-3-4-10-7(6)8/h5-8H,3-4H2,1-2H3. The first-order chi connectivity index (χ1) is 5.24. The lowest BCUT2D eigenvalue weighted by Gasteiger charge is -2.18. The molecule has 0 bridgehead atoms. The topological polar surface area (TPSA) is 47.9 Å². The molecule has 0 aromatic carbocycles. The summed E-state index contributed by atoms with van der Waals surface area (Å²) in [5.74, 6) is 0. The maximum Gasteiger partial charge on any atom is 0.181 e. The summed E-state index contributed by atoms with van der Waals surface area (Å²) >= 11 is 0. The third-order valence-corrected chi connectivity index (χ3v) is 1.71. The van der Waals surface area contributed by atoms with Crippen molar-refractivity contribution < 1.29 is 19.3 Å². The van der Waals surface area contributed by atoms with Crippen molar-refractivity contribution in [2.24, 2.45) is 0 Å². The first-order valence-electron chi connectivity index (χ1n) is 3.72. The predicted molar refractivity (Wildman–Crippen MR) is 37.9 cm³/mol.